The monoisotopic (exact) mass is 414 g/mol. The van der Waals surface area contributed by atoms with Gasteiger partial charge in [-0.1, -0.05) is 12.1 Å². The van der Waals surface area contributed by atoms with E-state index in [1.165, 1.54) is 19.1 Å². The lowest BCUT2D eigenvalue weighted by atomic mass is 9.96. The van der Waals surface area contributed by atoms with Crippen LogP contribution in [0.5, 0.6) is 0 Å². The van der Waals surface area contributed by atoms with Gasteiger partial charge in [-0.15, -0.1) is 12.4 Å². The summed E-state index contributed by atoms with van der Waals surface area (Å²) in [5, 5.41) is 2.93. The van der Waals surface area contributed by atoms with Crippen molar-refractivity contribution in [1.82, 2.24) is 20.2 Å². The van der Waals surface area contributed by atoms with E-state index in [4.69, 9.17) is 0 Å². The van der Waals surface area contributed by atoms with Gasteiger partial charge in [-0.2, -0.15) is 13.2 Å². The average Bonchev–Trinajstić information content (AvgIpc) is 2.64. The zero-order valence-electron chi connectivity index (χ0n) is 15.3. The lowest BCUT2D eigenvalue weighted by Gasteiger charge is -2.37. The first kappa shape index (κ1) is 22.1. The zero-order valence-corrected chi connectivity index (χ0v) is 16.1. The summed E-state index contributed by atoms with van der Waals surface area (Å²) in [5.41, 5.74) is 0.755. The standard InChI is InChI=1S/C19H21F3N4O.ClH/c1-13(27)25-16-6-10-26(11-7-16)18(17-12-23-8-9-24-17)14-2-4-15(5-3-14)19(20,21)22;/h2-5,8-9,12,16,18H,6-7,10-11H2,1H3,(H,25,27);1H. The second kappa shape index (κ2) is 9.34. The summed E-state index contributed by atoms with van der Waals surface area (Å²) in [4.78, 5) is 21.9. The fourth-order valence-electron chi connectivity index (χ4n) is 3.46. The molecule has 9 heteroatoms. The van der Waals surface area contributed by atoms with Gasteiger partial charge in [0.1, 0.15) is 0 Å². The normalized spacial score (nSPS) is 16.9. The number of nitrogens with one attached hydrogen (secondary N) is 1. The lowest BCUT2D eigenvalue weighted by Crippen LogP contribution is -2.45. The van der Waals surface area contributed by atoms with Crippen LogP contribution in [0.3, 0.4) is 0 Å². The third-order valence-electron chi connectivity index (χ3n) is 4.72. The SMILES string of the molecule is CC(=O)NC1CCN(C(c2ccc(C(F)(F)F)cc2)c2cnccn2)CC1.Cl. The van der Waals surface area contributed by atoms with Crippen LogP contribution in [0.2, 0.25) is 0 Å². The molecular formula is C19H22ClF3N4O. The topological polar surface area (TPSA) is 58.1 Å². The number of hydrogen-bond acceptors (Lipinski definition) is 4. The highest BCUT2D eigenvalue weighted by molar-refractivity contribution is 5.85. The van der Waals surface area contributed by atoms with Crippen LogP contribution in [0.15, 0.2) is 42.9 Å². The molecule has 1 aromatic heterocycles. The lowest BCUT2D eigenvalue weighted by molar-refractivity contribution is -0.137. The third kappa shape index (κ3) is 5.42. The Kier molecular flexibility index (Phi) is 7.37. The molecule has 0 spiro atoms. The number of rotatable bonds is 4. The minimum Gasteiger partial charge on any atom is -0.354 e. The summed E-state index contributed by atoms with van der Waals surface area (Å²) in [5.74, 6) is -0.0540. The molecule has 28 heavy (non-hydrogen) atoms. The number of amides is 1. The number of halogens is 4. The number of aromatic nitrogens is 2. The number of hydrogen-bond donors (Lipinski definition) is 1. The average molecular weight is 415 g/mol. The molecule has 1 aliphatic heterocycles. The van der Waals surface area contributed by atoms with Crippen molar-refractivity contribution in [3.8, 4) is 0 Å². The summed E-state index contributed by atoms with van der Waals surface area (Å²) in [6.07, 6.45) is 1.97. The van der Waals surface area contributed by atoms with E-state index in [9.17, 15) is 18.0 Å². The van der Waals surface area contributed by atoms with Gasteiger partial charge in [0.2, 0.25) is 5.91 Å². The van der Waals surface area contributed by atoms with Gasteiger partial charge in [-0.3, -0.25) is 19.7 Å². The Hall–Kier alpha value is -2.19. The van der Waals surface area contributed by atoms with Gasteiger partial charge in [0, 0.05) is 38.4 Å². The molecule has 1 atom stereocenters. The van der Waals surface area contributed by atoms with Crippen molar-refractivity contribution in [2.75, 3.05) is 13.1 Å². The maximum atomic E-state index is 12.9. The molecule has 1 aromatic carbocycles. The second-order valence-corrected chi connectivity index (χ2v) is 6.66. The Morgan fingerprint density at radius 2 is 1.82 bits per heavy atom. The van der Waals surface area contributed by atoms with Gasteiger partial charge in [-0.05, 0) is 30.5 Å². The van der Waals surface area contributed by atoms with E-state index in [0.29, 0.717) is 18.8 Å². The predicted octanol–water partition coefficient (Wildman–Crippen LogP) is 3.61. The Balaban J connectivity index is 0.00000280. The minimum absolute atomic E-state index is 0. The molecule has 1 saturated heterocycles. The highest BCUT2D eigenvalue weighted by atomic mass is 35.5. The van der Waals surface area contributed by atoms with Gasteiger partial charge in [0.05, 0.1) is 23.5 Å². The van der Waals surface area contributed by atoms with Crippen LogP contribution in [-0.2, 0) is 11.0 Å². The molecule has 1 amide bonds. The molecule has 0 bridgehead atoms. The second-order valence-electron chi connectivity index (χ2n) is 6.66. The van der Waals surface area contributed by atoms with Crippen molar-refractivity contribution in [1.29, 1.82) is 0 Å². The van der Waals surface area contributed by atoms with Gasteiger partial charge in [0.25, 0.3) is 0 Å². The molecule has 0 aliphatic carbocycles. The summed E-state index contributed by atoms with van der Waals surface area (Å²) in [7, 11) is 0. The quantitative estimate of drug-likeness (QED) is 0.830. The summed E-state index contributed by atoms with van der Waals surface area (Å²) < 4.78 is 38.6. The smallest absolute Gasteiger partial charge is 0.354 e. The van der Waals surface area contributed by atoms with Crippen LogP contribution in [0.4, 0.5) is 13.2 Å². The van der Waals surface area contributed by atoms with Gasteiger partial charge in [-0.25, -0.2) is 0 Å². The van der Waals surface area contributed by atoms with E-state index in [-0.39, 0.29) is 30.4 Å². The predicted molar refractivity (Wildman–Crippen MR) is 101 cm³/mol. The Morgan fingerprint density at radius 3 is 2.32 bits per heavy atom. The van der Waals surface area contributed by atoms with E-state index < -0.39 is 11.7 Å². The van der Waals surface area contributed by atoms with Crippen molar-refractivity contribution >= 4 is 18.3 Å². The first-order valence-electron chi connectivity index (χ1n) is 8.79. The van der Waals surface area contributed by atoms with Crippen LogP contribution in [0, 0.1) is 0 Å². The van der Waals surface area contributed by atoms with Crippen LogP contribution in [-0.4, -0.2) is 39.9 Å². The Bertz CT molecular complexity index is 763. The minimum atomic E-state index is -4.36. The third-order valence-corrected chi connectivity index (χ3v) is 4.72. The number of piperidine rings is 1. The van der Waals surface area contributed by atoms with Gasteiger partial charge >= 0.3 is 6.18 Å². The molecule has 0 radical (unpaired) electrons. The molecule has 2 aromatic rings. The molecular weight excluding hydrogens is 393 g/mol. The van der Waals surface area contributed by atoms with Crippen LogP contribution < -0.4 is 5.32 Å². The number of alkyl halides is 3. The number of carbonyl (C=O) groups excluding carboxylic acids is 1. The van der Waals surface area contributed by atoms with Crippen LogP contribution >= 0.6 is 12.4 Å². The van der Waals surface area contributed by atoms with Crippen molar-refractivity contribution in [2.45, 2.75) is 38.0 Å². The molecule has 152 valence electrons. The highest BCUT2D eigenvalue weighted by Crippen LogP contribution is 2.33. The van der Waals surface area contributed by atoms with Crippen molar-refractivity contribution < 1.29 is 18.0 Å². The molecule has 0 saturated carbocycles. The van der Waals surface area contributed by atoms with Crippen LogP contribution in [0.1, 0.15) is 42.6 Å². The largest absolute Gasteiger partial charge is 0.416 e. The molecule has 3 rings (SSSR count). The first-order chi connectivity index (χ1) is 12.8. The summed E-state index contributed by atoms with van der Waals surface area (Å²) in [6, 6.07) is 5.04. The van der Waals surface area contributed by atoms with E-state index in [1.807, 2.05) is 0 Å². The molecule has 5 nitrogen and oxygen atoms in total. The van der Waals surface area contributed by atoms with Crippen molar-refractivity contribution in [2.24, 2.45) is 0 Å². The van der Waals surface area contributed by atoms with Gasteiger partial charge in [0.15, 0.2) is 0 Å². The molecule has 2 heterocycles. The Labute approximate surface area is 167 Å². The summed E-state index contributed by atoms with van der Waals surface area (Å²) in [6.45, 7) is 2.90. The Morgan fingerprint density at radius 1 is 1.18 bits per heavy atom. The first-order valence-corrected chi connectivity index (χ1v) is 8.79. The number of carbonyl (C=O) groups is 1. The zero-order chi connectivity index (χ0) is 19.4. The van der Waals surface area contributed by atoms with E-state index >= 15 is 0 Å². The number of likely N-dealkylation sites (tertiary alicyclic amines) is 1. The number of nitrogens with zero attached hydrogens (tertiary/aromatic N) is 3. The number of benzene rings is 1. The highest BCUT2D eigenvalue weighted by Gasteiger charge is 2.32. The van der Waals surface area contributed by atoms with E-state index in [2.05, 4.69) is 20.2 Å². The molecule has 1 unspecified atom stereocenters. The van der Waals surface area contributed by atoms with E-state index in [0.717, 1.165) is 30.5 Å². The maximum Gasteiger partial charge on any atom is 0.416 e. The van der Waals surface area contributed by atoms with Crippen LogP contribution in [0.25, 0.3) is 0 Å². The fourth-order valence-corrected chi connectivity index (χ4v) is 3.46. The molecule has 1 aliphatic rings. The van der Waals surface area contributed by atoms with E-state index in [1.54, 1.807) is 18.6 Å². The fraction of sp³-hybridized carbons (Fsp3) is 0.421. The van der Waals surface area contributed by atoms with Gasteiger partial charge < -0.3 is 5.32 Å². The molecule has 1 N–H and O–H groups in total. The summed E-state index contributed by atoms with van der Waals surface area (Å²) >= 11 is 0. The van der Waals surface area contributed by atoms with Crippen molar-refractivity contribution in [3.63, 3.8) is 0 Å². The molecule has 1 fully saturated rings. The maximum absolute atomic E-state index is 12.9. The van der Waals surface area contributed by atoms with Crippen molar-refractivity contribution in [3.05, 3.63) is 59.7 Å².